The third-order valence-corrected chi connectivity index (χ3v) is 4.26. The molecule has 1 amide bonds. The van der Waals surface area contributed by atoms with Crippen LogP contribution in [0.25, 0.3) is 5.65 Å². The third-order valence-electron chi connectivity index (χ3n) is 4.04. The molecule has 0 saturated heterocycles. The van der Waals surface area contributed by atoms with Gasteiger partial charge in [-0.25, -0.2) is 4.98 Å². The smallest absolute Gasteiger partial charge is 0.273 e. The average Bonchev–Trinajstić information content (AvgIpc) is 2.88. The van der Waals surface area contributed by atoms with E-state index in [1.165, 1.54) is 0 Å². The summed E-state index contributed by atoms with van der Waals surface area (Å²) >= 11 is 6.10. The van der Waals surface area contributed by atoms with Gasteiger partial charge in [0.25, 0.3) is 5.91 Å². The minimum absolute atomic E-state index is 0.0406. The number of carbonyl (C=O) groups excluding carboxylic acids is 1. The summed E-state index contributed by atoms with van der Waals surface area (Å²) in [4.78, 5) is 19.6. The second kappa shape index (κ2) is 6.65. The molecule has 0 spiro atoms. The highest BCUT2D eigenvalue weighted by Crippen LogP contribution is 2.20. The zero-order valence-electron chi connectivity index (χ0n) is 14.0. The second-order valence-corrected chi connectivity index (χ2v) is 6.57. The van der Waals surface area contributed by atoms with Crippen LogP contribution in [-0.2, 0) is 6.54 Å². The van der Waals surface area contributed by atoms with E-state index in [0.717, 1.165) is 11.2 Å². The number of carbonyl (C=O) groups is 1. The molecule has 0 aliphatic carbocycles. The Morgan fingerprint density at radius 3 is 2.58 bits per heavy atom. The van der Waals surface area contributed by atoms with E-state index >= 15 is 0 Å². The first-order valence-corrected chi connectivity index (χ1v) is 8.34. The topological polar surface area (TPSA) is 37.6 Å². The molecule has 0 aliphatic rings. The van der Waals surface area contributed by atoms with E-state index in [0.29, 0.717) is 23.0 Å². The van der Waals surface area contributed by atoms with Gasteiger partial charge in [-0.15, -0.1) is 0 Å². The summed E-state index contributed by atoms with van der Waals surface area (Å²) in [5.74, 6) is -0.0406. The Balaban J connectivity index is 2.02. The van der Waals surface area contributed by atoms with Crippen LogP contribution in [0.3, 0.4) is 0 Å². The van der Waals surface area contributed by atoms with Crippen LogP contribution in [0.2, 0.25) is 5.02 Å². The lowest BCUT2D eigenvalue weighted by molar-refractivity contribution is 0.0682. The lowest BCUT2D eigenvalue weighted by Crippen LogP contribution is -2.37. The fourth-order valence-electron chi connectivity index (χ4n) is 2.80. The SMILES string of the molecule is Cc1nc2ccc(Cl)cn2c1C(=O)N(Cc1ccccc1)C(C)C. The molecule has 0 radical (unpaired) electrons. The van der Waals surface area contributed by atoms with Gasteiger partial charge in [-0.1, -0.05) is 41.9 Å². The zero-order chi connectivity index (χ0) is 17.3. The molecule has 0 unspecified atom stereocenters. The van der Waals surface area contributed by atoms with Crippen LogP contribution in [0, 0.1) is 6.92 Å². The largest absolute Gasteiger partial charge is 0.331 e. The maximum Gasteiger partial charge on any atom is 0.273 e. The molecule has 5 heteroatoms. The summed E-state index contributed by atoms with van der Waals surface area (Å²) < 4.78 is 1.78. The van der Waals surface area contributed by atoms with Crippen LogP contribution in [0.5, 0.6) is 0 Å². The normalized spacial score (nSPS) is 11.2. The number of aryl methyl sites for hydroxylation is 1. The lowest BCUT2D eigenvalue weighted by atomic mass is 10.1. The summed E-state index contributed by atoms with van der Waals surface area (Å²) in [7, 11) is 0. The molecule has 1 aromatic carbocycles. The average molecular weight is 342 g/mol. The van der Waals surface area contributed by atoms with Crippen LogP contribution < -0.4 is 0 Å². The van der Waals surface area contributed by atoms with Gasteiger partial charge in [0, 0.05) is 18.8 Å². The number of fused-ring (bicyclic) bond motifs is 1. The number of amides is 1. The fraction of sp³-hybridized carbons (Fsp3) is 0.263. The number of pyridine rings is 1. The number of benzene rings is 1. The van der Waals surface area contributed by atoms with Crippen molar-refractivity contribution in [2.24, 2.45) is 0 Å². The van der Waals surface area contributed by atoms with Gasteiger partial charge in [0.1, 0.15) is 11.3 Å². The molecule has 0 N–H and O–H groups in total. The predicted octanol–water partition coefficient (Wildman–Crippen LogP) is 4.35. The van der Waals surface area contributed by atoms with Crippen molar-refractivity contribution in [3.05, 3.63) is 70.6 Å². The van der Waals surface area contributed by atoms with Gasteiger partial charge in [-0.2, -0.15) is 0 Å². The van der Waals surface area contributed by atoms with Gasteiger partial charge in [-0.3, -0.25) is 9.20 Å². The number of nitrogens with zero attached hydrogens (tertiary/aromatic N) is 3. The number of rotatable bonds is 4. The number of aromatic nitrogens is 2. The van der Waals surface area contributed by atoms with Gasteiger partial charge in [0.15, 0.2) is 0 Å². The van der Waals surface area contributed by atoms with Crippen molar-refractivity contribution in [1.29, 1.82) is 0 Å². The zero-order valence-corrected chi connectivity index (χ0v) is 14.8. The van der Waals surface area contributed by atoms with E-state index in [2.05, 4.69) is 4.98 Å². The first-order chi connectivity index (χ1) is 11.5. The summed E-state index contributed by atoms with van der Waals surface area (Å²) in [6, 6.07) is 13.7. The summed E-state index contributed by atoms with van der Waals surface area (Å²) in [6.45, 7) is 6.46. The van der Waals surface area contributed by atoms with Crippen molar-refractivity contribution in [2.45, 2.75) is 33.4 Å². The number of hydrogen-bond donors (Lipinski definition) is 0. The molecule has 3 rings (SSSR count). The Hall–Kier alpha value is -2.33. The molecule has 4 nitrogen and oxygen atoms in total. The molecule has 0 aliphatic heterocycles. The minimum Gasteiger partial charge on any atom is -0.331 e. The van der Waals surface area contributed by atoms with Crippen molar-refractivity contribution < 1.29 is 4.79 Å². The number of imidazole rings is 1. The van der Waals surface area contributed by atoms with Gasteiger partial charge >= 0.3 is 0 Å². The highest BCUT2D eigenvalue weighted by molar-refractivity contribution is 6.30. The van der Waals surface area contributed by atoms with E-state index in [9.17, 15) is 4.79 Å². The number of halogens is 1. The molecular formula is C19H20ClN3O. The molecule has 124 valence electrons. The predicted molar refractivity (Wildman–Crippen MR) is 96.4 cm³/mol. The first kappa shape index (κ1) is 16.5. The summed E-state index contributed by atoms with van der Waals surface area (Å²) in [5, 5.41) is 0.577. The lowest BCUT2D eigenvalue weighted by Gasteiger charge is -2.27. The Labute approximate surface area is 146 Å². The van der Waals surface area contributed by atoms with E-state index in [4.69, 9.17) is 11.6 Å². The molecule has 0 atom stereocenters. The Morgan fingerprint density at radius 2 is 1.92 bits per heavy atom. The second-order valence-electron chi connectivity index (χ2n) is 6.13. The maximum atomic E-state index is 13.2. The van der Waals surface area contributed by atoms with E-state index in [1.807, 2.05) is 62.1 Å². The van der Waals surface area contributed by atoms with Crippen molar-refractivity contribution in [1.82, 2.24) is 14.3 Å². The third kappa shape index (κ3) is 3.15. The Morgan fingerprint density at radius 1 is 1.21 bits per heavy atom. The molecule has 24 heavy (non-hydrogen) atoms. The monoisotopic (exact) mass is 341 g/mol. The van der Waals surface area contributed by atoms with Crippen LogP contribution in [-0.4, -0.2) is 26.2 Å². The van der Waals surface area contributed by atoms with Crippen molar-refractivity contribution in [2.75, 3.05) is 0 Å². The molecular weight excluding hydrogens is 322 g/mol. The van der Waals surface area contributed by atoms with E-state index in [1.54, 1.807) is 16.7 Å². The molecule has 0 fully saturated rings. The summed E-state index contributed by atoms with van der Waals surface area (Å²) in [6.07, 6.45) is 1.74. The maximum absolute atomic E-state index is 13.2. The van der Waals surface area contributed by atoms with Crippen LogP contribution in [0.1, 0.15) is 35.6 Å². The molecule has 0 bridgehead atoms. The van der Waals surface area contributed by atoms with E-state index in [-0.39, 0.29) is 11.9 Å². The van der Waals surface area contributed by atoms with Crippen LogP contribution >= 0.6 is 11.6 Å². The standard InChI is InChI=1S/C19H20ClN3O/c1-13(2)22(11-15-7-5-4-6-8-15)19(24)18-14(3)21-17-10-9-16(20)12-23(17)18/h4-10,12-13H,11H2,1-3H3. The van der Waals surface area contributed by atoms with Gasteiger partial charge in [0.05, 0.1) is 10.7 Å². The van der Waals surface area contributed by atoms with Crippen LogP contribution in [0.4, 0.5) is 0 Å². The highest BCUT2D eigenvalue weighted by Gasteiger charge is 2.24. The fourth-order valence-corrected chi connectivity index (χ4v) is 2.96. The summed E-state index contributed by atoms with van der Waals surface area (Å²) in [5.41, 5.74) is 3.10. The quantitative estimate of drug-likeness (QED) is 0.707. The first-order valence-electron chi connectivity index (χ1n) is 7.96. The Kier molecular flexibility index (Phi) is 4.58. The number of hydrogen-bond acceptors (Lipinski definition) is 2. The van der Waals surface area contributed by atoms with Gasteiger partial charge < -0.3 is 4.90 Å². The van der Waals surface area contributed by atoms with Crippen molar-refractivity contribution in [3.8, 4) is 0 Å². The molecule has 0 saturated carbocycles. The van der Waals surface area contributed by atoms with Crippen molar-refractivity contribution in [3.63, 3.8) is 0 Å². The van der Waals surface area contributed by atoms with Crippen LogP contribution in [0.15, 0.2) is 48.7 Å². The Bertz CT molecular complexity index is 871. The van der Waals surface area contributed by atoms with Gasteiger partial charge in [-0.05, 0) is 38.5 Å². The van der Waals surface area contributed by atoms with Crippen molar-refractivity contribution >= 4 is 23.2 Å². The minimum atomic E-state index is -0.0406. The van der Waals surface area contributed by atoms with E-state index < -0.39 is 0 Å². The molecule has 3 aromatic rings. The molecule has 2 aromatic heterocycles. The highest BCUT2D eigenvalue weighted by atomic mass is 35.5. The van der Waals surface area contributed by atoms with Gasteiger partial charge in [0.2, 0.25) is 0 Å². The molecule has 2 heterocycles.